The number of carbonyl (C=O) groups excluding carboxylic acids is 1. The highest BCUT2D eigenvalue weighted by atomic mass is 19.4. The SMILES string of the molecule is O=C(CCc1ccc(C(F)(F)F)cn1)N1CCC2(CC1)CNc1ccc(-c3ccc(-c4cccc5ccccc45)cc3)cc12. The Morgan fingerprint density at radius 3 is 2.32 bits per heavy atom. The van der Waals surface area contributed by atoms with Crippen LogP contribution in [0.15, 0.2) is 103 Å². The van der Waals surface area contributed by atoms with E-state index in [0.717, 1.165) is 37.3 Å². The molecule has 0 aliphatic carbocycles. The highest BCUT2D eigenvalue weighted by molar-refractivity contribution is 5.96. The molecule has 0 atom stereocenters. The van der Waals surface area contributed by atoms with E-state index in [1.165, 1.54) is 44.7 Å². The number of alkyl halides is 3. The number of likely N-dealkylation sites (tertiary alicyclic amines) is 1. The Morgan fingerprint density at radius 1 is 0.841 bits per heavy atom. The van der Waals surface area contributed by atoms with Crippen molar-refractivity contribution in [2.24, 2.45) is 0 Å². The van der Waals surface area contributed by atoms with Crippen molar-refractivity contribution in [3.05, 3.63) is 120 Å². The number of halogens is 3. The maximum Gasteiger partial charge on any atom is 0.417 e. The van der Waals surface area contributed by atoms with Gasteiger partial charge in [-0.1, -0.05) is 72.8 Å². The van der Waals surface area contributed by atoms with Gasteiger partial charge in [0.15, 0.2) is 0 Å². The van der Waals surface area contributed by atoms with E-state index >= 15 is 0 Å². The molecule has 1 spiro atoms. The van der Waals surface area contributed by atoms with Crippen molar-refractivity contribution in [1.82, 2.24) is 9.88 Å². The first-order chi connectivity index (χ1) is 21.3. The second-order valence-corrected chi connectivity index (χ2v) is 11.9. The van der Waals surface area contributed by atoms with E-state index in [9.17, 15) is 18.0 Å². The van der Waals surface area contributed by atoms with Crippen LogP contribution in [0.5, 0.6) is 0 Å². The normalized spacial score (nSPS) is 15.8. The van der Waals surface area contributed by atoms with Gasteiger partial charge in [0, 0.05) is 49.0 Å². The minimum atomic E-state index is -4.41. The maximum atomic E-state index is 13.0. The Hall–Kier alpha value is -4.65. The molecular weight excluding hydrogens is 559 g/mol. The van der Waals surface area contributed by atoms with Crippen molar-refractivity contribution >= 4 is 22.4 Å². The fraction of sp³-hybridized carbons (Fsp3) is 0.243. The third-order valence-electron chi connectivity index (χ3n) is 9.35. The molecule has 1 N–H and O–H groups in total. The lowest BCUT2D eigenvalue weighted by Crippen LogP contribution is -2.46. The van der Waals surface area contributed by atoms with Crippen LogP contribution in [0.4, 0.5) is 18.9 Å². The molecule has 0 saturated carbocycles. The number of amides is 1. The number of carbonyl (C=O) groups is 1. The average molecular weight is 592 g/mol. The van der Waals surface area contributed by atoms with Crippen molar-refractivity contribution in [2.45, 2.75) is 37.3 Å². The Kier molecular flexibility index (Phi) is 7.11. The Labute approximate surface area is 254 Å². The highest BCUT2D eigenvalue weighted by Gasteiger charge is 2.42. The van der Waals surface area contributed by atoms with Gasteiger partial charge in [-0.25, -0.2) is 0 Å². The molecule has 4 aromatic carbocycles. The monoisotopic (exact) mass is 591 g/mol. The van der Waals surface area contributed by atoms with Gasteiger partial charge >= 0.3 is 6.18 Å². The van der Waals surface area contributed by atoms with Crippen molar-refractivity contribution in [1.29, 1.82) is 0 Å². The number of aromatic nitrogens is 1. The van der Waals surface area contributed by atoms with Gasteiger partial charge in [0.1, 0.15) is 0 Å². The predicted molar refractivity (Wildman–Crippen MR) is 168 cm³/mol. The zero-order valence-electron chi connectivity index (χ0n) is 24.2. The van der Waals surface area contributed by atoms with Crippen LogP contribution >= 0.6 is 0 Å². The summed E-state index contributed by atoms with van der Waals surface area (Å²) in [6.45, 7) is 2.16. The third kappa shape index (κ3) is 5.32. The molecule has 3 heterocycles. The van der Waals surface area contributed by atoms with Crippen LogP contribution in [0, 0.1) is 0 Å². The molecular formula is C37H32F3N3O. The van der Waals surface area contributed by atoms with E-state index in [2.05, 4.69) is 95.2 Å². The first-order valence-corrected chi connectivity index (χ1v) is 15.1. The largest absolute Gasteiger partial charge is 0.417 e. The molecule has 1 aromatic heterocycles. The summed E-state index contributed by atoms with van der Waals surface area (Å²) in [5, 5.41) is 6.08. The van der Waals surface area contributed by atoms with Gasteiger partial charge in [0.05, 0.1) is 5.56 Å². The predicted octanol–water partition coefficient (Wildman–Crippen LogP) is 8.51. The fourth-order valence-corrected chi connectivity index (χ4v) is 6.76. The summed E-state index contributed by atoms with van der Waals surface area (Å²) < 4.78 is 38.4. The summed E-state index contributed by atoms with van der Waals surface area (Å²) in [5.74, 6) is 0.0211. The van der Waals surface area contributed by atoms with Gasteiger partial charge in [0.2, 0.25) is 5.91 Å². The fourth-order valence-electron chi connectivity index (χ4n) is 6.76. The molecule has 222 valence electrons. The van der Waals surface area contributed by atoms with E-state index in [-0.39, 0.29) is 17.7 Å². The summed E-state index contributed by atoms with van der Waals surface area (Å²) in [5.41, 5.74) is 6.93. The van der Waals surface area contributed by atoms with E-state index in [1.807, 2.05) is 4.90 Å². The molecule has 7 heteroatoms. The number of nitrogens with one attached hydrogen (secondary N) is 1. The van der Waals surface area contributed by atoms with Crippen LogP contribution in [0.2, 0.25) is 0 Å². The number of benzene rings is 4. The lowest BCUT2D eigenvalue weighted by molar-refractivity contribution is -0.138. The van der Waals surface area contributed by atoms with Crippen molar-refractivity contribution in [2.75, 3.05) is 25.0 Å². The highest BCUT2D eigenvalue weighted by Crippen LogP contribution is 2.45. The number of piperidine rings is 1. The van der Waals surface area contributed by atoms with Crippen molar-refractivity contribution in [3.8, 4) is 22.3 Å². The number of aryl methyl sites for hydroxylation is 1. The van der Waals surface area contributed by atoms with Gasteiger partial charge in [0.25, 0.3) is 0 Å². The zero-order chi connectivity index (χ0) is 30.3. The van der Waals surface area contributed by atoms with Gasteiger partial charge in [-0.3, -0.25) is 9.78 Å². The second-order valence-electron chi connectivity index (χ2n) is 11.9. The third-order valence-corrected chi connectivity index (χ3v) is 9.35. The van der Waals surface area contributed by atoms with Crippen LogP contribution in [-0.4, -0.2) is 35.4 Å². The van der Waals surface area contributed by atoms with E-state index in [0.29, 0.717) is 25.2 Å². The van der Waals surface area contributed by atoms with Crippen molar-refractivity contribution < 1.29 is 18.0 Å². The molecule has 2 aliphatic heterocycles. The Bertz CT molecular complexity index is 1820. The van der Waals surface area contributed by atoms with Gasteiger partial charge in [-0.05, 0) is 82.1 Å². The Morgan fingerprint density at radius 2 is 1.57 bits per heavy atom. The first kappa shape index (κ1) is 28.1. The summed E-state index contributed by atoms with van der Waals surface area (Å²) in [7, 11) is 0. The van der Waals surface area contributed by atoms with Gasteiger partial charge in [-0.2, -0.15) is 13.2 Å². The number of pyridine rings is 1. The van der Waals surface area contributed by atoms with Crippen LogP contribution in [0.3, 0.4) is 0 Å². The van der Waals surface area contributed by atoms with E-state index in [4.69, 9.17) is 0 Å². The summed E-state index contributed by atoms with van der Waals surface area (Å²) in [4.78, 5) is 18.8. The minimum Gasteiger partial charge on any atom is -0.384 e. The van der Waals surface area contributed by atoms with Crippen LogP contribution in [-0.2, 0) is 22.8 Å². The molecule has 2 aliphatic rings. The average Bonchev–Trinajstić information content (AvgIpc) is 3.40. The first-order valence-electron chi connectivity index (χ1n) is 15.1. The zero-order valence-corrected chi connectivity index (χ0v) is 24.2. The molecule has 44 heavy (non-hydrogen) atoms. The molecule has 1 amide bonds. The number of rotatable bonds is 5. The maximum absolute atomic E-state index is 13.0. The lowest BCUT2D eigenvalue weighted by Gasteiger charge is -2.39. The number of nitrogens with zero attached hydrogens (tertiary/aromatic N) is 2. The minimum absolute atomic E-state index is 0.0211. The summed E-state index contributed by atoms with van der Waals surface area (Å²) >= 11 is 0. The quantitative estimate of drug-likeness (QED) is 0.223. The molecule has 0 bridgehead atoms. The van der Waals surface area contributed by atoms with Gasteiger partial charge in [-0.15, -0.1) is 0 Å². The number of fused-ring (bicyclic) bond motifs is 3. The lowest BCUT2D eigenvalue weighted by atomic mass is 9.73. The topological polar surface area (TPSA) is 45.2 Å². The van der Waals surface area contributed by atoms with Crippen LogP contribution < -0.4 is 5.32 Å². The van der Waals surface area contributed by atoms with Crippen molar-refractivity contribution in [3.63, 3.8) is 0 Å². The second kappa shape index (κ2) is 11.1. The number of hydrogen-bond donors (Lipinski definition) is 1. The van der Waals surface area contributed by atoms with E-state index < -0.39 is 11.7 Å². The molecule has 5 aromatic rings. The van der Waals surface area contributed by atoms with Gasteiger partial charge < -0.3 is 10.2 Å². The summed E-state index contributed by atoms with van der Waals surface area (Å²) in [6, 6.07) is 32.7. The van der Waals surface area contributed by atoms with Crippen LogP contribution in [0.1, 0.15) is 36.1 Å². The standard InChI is InChI=1S/C37H32F3N3O/c38-37(39,40)29-13-14-30(41-23-29)15-17-35(44)43-20-18-36(19-21-43)24-42-34-16-12-28(22-33(34)36)25-8-10-27(11-9-25)32-7-3-5-26-4-1-2-6-31(26)32/h1-14,16,22-23,42H,15,17-21,24H2. The molecule has 0 unspecified atom stereocenters. The molecule has 0 radical (unpaired) electrons. The summed E-state index contributed by atoms with van der Waals surface area (Å²) in [6.07, 6.45) is -1.29. The molecule has 1 fully saturated rings. The Balaban J connectivity index is 1.02. The smallest absolute Gasteiger partial charge is 0.384 e. The molecule has 1 saturated heterocycles. The molecule has 4 nitrogen and oxygen atoms in total. The van der Waals surface area contributed by atoms with E-state index in [1.54, 1.807) is 0 Å². The van der Waals surface area contributed by atoms with Crippen LogP contribution in [0.25, 0.3) is 33.0 Å². The number of anilines is 1. The number of hydrogen-bond acceptors (Lipinski definition) is 3. The molecule has 7 rings (SSSR count).